The molecule has 0 unspecified atom stereocenters. The normalized spacial score (nSPS) is 11.6. The lowest BCUT2D eigenvalue weighted by molar-refractivity contribution is 0.102. The number of nitrogens with one attached hydrogen (secondary N) is 2. The maximum absolute atomic E-state index is 12.9. The molecule has 0 atom stereocenters. The van der Waals surface area contributed by atoms with E-state index in [1.54, 1.807) is 51.2 Å². The number of rotatable bonds is 7. The van der Waals surface area contributed by atoms with Gasteiger partial charge in [0.15, 0.2) is 0 Å². The number of nitrogens with zero attached hydrogens (tertiary/aromatic N) is 2. The van der Waals surface area contributed by atoms with Crippen LogP contribution < -0.4 is 5.32 Å². The highest BCUT2D eigenvalue weighted by Crippen LogP contribution is 2.23. The number of carbonyl (C=O) groups excluding carboxylic acids is 1. The van der Waals surface area contributed by atoms with Gasteiger partial charge in [-0.25, -0.2) is 8.42 Å². The van der Waals surface area contributed by atoms with Gasteiger partial charge in [0, 0.05) is 30.5 Å². The van der Waals surface area contributed by atoms with Crippen LogP contribution in [0.1, 0.15) is 29.8 Å². The Hall–Kier alpha value is -2.97. The molecule has 2 N–H and O–H groups in total. The standard InChI is InChI=1S/C21H24N4O3S/c1-4-25(5-2)29(27,28)20-14-17(7-6-15(20)3)21(26)23-18-10-8-16(9-11-18)19-12-13-22-24-19/h6-14H,4-5H2,1-3H3,(H,22,24)(H,23,26). The van der Waals surface area contributed by atoms with Crippen molar-refractivity contribution in [3.05, 3.63) is 65.9 Å². The summed E-state index contributed by atoms with van der Waals surface area (Å²) in [6, 6.07) is 13.9. The number of sulfonamides is 1. The van der Waals surface area contributed by atoms with Crippen LogP contribution in [0.25, 0.3) is 11.3 Å². The van der Waals surface area contributed by atoms with Crippen molar-refractivity contribution in [2.75, 3.05) is 18.4 Å². The minimum absolute atomic E-state index is 0.156. The Balaban J connectivity index is 1.83. The Morgan fingerprint density at radius 3 is 2.34 bits per heavy atom. The van der Waals surface area contributed by atoms with Gasteiger partial charge in [0.25, 0.3) is 5.91 Å². The lowest BCUT2D eigenvalue weighted by atomic mass is 10.1. The van der Waals surface area contributed by atoms with Crippen molar-refractivity contribution in [1.29, 1.82) is 0 Å². The molecule has 0 saturated carbocycles. The van der Waals surface area contributed by atoms with Gasteiger partial charge in [0.2, 0.25) is 10.0 Å². The van der Waals surface area contributed by atoms with Crippen LogP contribution in [0.5, 0.6) is 0 Å². The number of anilines is 1. The number of carbonyl (C=O) groups is 1. The fourth-order valence-corrected chi connectivity index (χ4v) is 4.78. The predicted octanol–water partition coefficient (Wildman–Crippen LogP) is 3.67. The van der Waals surface area contributed by atoms with E-state index in [1.165, 1.54) is 10.4 Å². The monoisotopic (exact) mass is 412 g/mol. The van der Waals surface area contributed by atoms with Crippen molar-refractivity contribution >= 4 is 21.6 Å². The average Bonchev–Trinajstić information content (AvgIpc) is 3.24. The molecular formula is C21H24N4O3S. The zero-order valence-corrected chi connectivity index (χ0v) is 17.5. The maximum atomic E-state index is 12.9. The van der Waals surface area contributed by atoms with Crippen molar-refractivity contribution in [3.8, 4) is 11.3 Å². The fraction of sp³-hybridized carbons (Fsp3) is 0.238. The summed E-state index contributed by atoms with van der Waals surface area (Å²) in [6.45, 7) is 6.06. The second kappa shape index (κ2) is 8.59. The topological polar surface area (TPSA) is 95.2 Å². The van der Waals surface area contributed by atoms with Crippen LogP contribution in [0.2, 0.25) is 0 Å². The summed E-state index contributed by atoms with van der Waals surface area (Å²) in [5.41, 5.74) is 3.35. The number of aromatic amines is 1. The van der Waals surface area contributed by atoms with E-state index in [1.807, 2.05) is 18.2 Å². The van der Waals surface area contributed by atoms with Crippen molar-refractivity contribution in [3.63, 3.8) is 0 Å². The van der Waals surface area contributed by atoms with Crippen LogP contribution in [0.4, 0.5) is 5.69 Å². The summed E-state index contributed by atoms with van der Waals surface area (Å²) in [7, 11) is -3.65. The number of hydrogen-bond acceptors (Lipinski definition) is 4. The molecule has 7 nitrogen and oxygen atoms in total. The molecule has 0 aliphatic heterocycles. The van der Waals surface area contributed by atoms with Crippen LogP contribution in [0.15, 0.2) is 59.6 Å². The number of aryl methyl sites for hydroxylation is 1. The van der Waals surface area contributed by atoms with E-state index in [0.29, 0.717) is 29.9 Å². The van der Waals surface area contributed by atoms with Gasteiger partial charge < -0.3 is 5.32 Å². The Morgan fingerprint density at radius 1 is 1.07 bits per heavy atom. The van der Waals surface area contributed by atoms with Crippen molar-refractivity contribution in [1.82, 2.24) is 14.5 Å². The third-order valence-corrected chi connectivity index (χ3v) is 6.92. The van der Waals surface area contributed by atoms with E-state index in [0.717, 1.165) is 11.3 Å². The van der Waals surface area contributed by atoms with E-state index in [2.05, 4.69) is 15.5 Å². The maximum Gasteiger partial charge on any atom is 0.255 e. The van der Waals surface area contributed by atoms with Crippen LogP contribution in [0.3, 0.4) is 0 Å². The fourth-order valence-electron chi connectivity index (χ4n) is 3.07. The summed E-state index contributed by atoms with van der Waals surface area (Å²) < 4.78 is 27.1. The van der Waals surface area contributed by atoms with Gasteiger partial charge in [0.05, 0.1) is 10.6 Å². The Morgan fingerprint density at radius 2 is 1.76 bits per heavy atom. The van der Waals surface area contributed by atoms with Crippen molar-refractivity contribution in [2.45, 2.75) is 25.7 Å². The van der Waals surface area contributed by atoms with Crippen LogP contribution in [-0.2, 0) is 10.0 Å². The molecule has 1 heterocycles. The third-order valence-electron chi connectivity index (χ3n) is 4.73. The third kappa shape index (κ3) is 4.38. The summed E-state index contributed by atoms with van der Waals surface area (Å²) in [5, 5.41) is 9.62. The molecule has 0 saturated heterocycles. The number of H-pyrrole nitrogens is 1. The van der Waals surface area contributed by atoms with E-state index in [9.17, 15) is 13.2 Å². The lowest BCUT2D eigenvalue weighted by Gasteiger charge is -2.20. The summed E-state index contributed by atoms with van der Waals surface area (Å²) in [5.74, 6) is -0.365. The molecule has 0 radical (unpaired) electrons. The molecule has 29 heavy (non-hydrogen) atoms. The zero-order valence-electron chi connectivity index (χ0n) is 16.6. The van der Waals surface area contributed by atoms with Crippen LogP contribution in [0, 0.1) is 6.92 Å². The highest BCUT2D eigenvalue weighted by atomic mass is 32.2. The highest BCUT2D eigenvalue weighted by Gasteiger charge is 2.24. The number of hydrogen-bond donors (Lipinski definition) is 2. The molecule has 0 spiro atoms. The zero-order chi connectivity index (χ0) is 21.0. The summed E-state index contributed by atoms with van der Waals surface area (Å²) in [6.07, 6.45) is 1.67. The van der Waals surface area contributed by atoms with Crippen molar-refractivity contribution in [2.24, 2.45) is 0 Å². The molecule has 0 aliphatic carbocycles. The minimum atomic E-state index is -3.65. The number of aromatic nitrogens is 2. The van der Waals surface area contributed by atoms with Gasteiger partial charge in [-0.05, 0) is 48.4 Å². The molecule has 8 heteroatoms. The smallest absolute Gasteiger partial charge is 0.255 e. The van der Waals surface area contributed by atoms with Gasteiger partial charge in [-0.15, -0.1) is 0 Å². The SMILES string of the molecule is CCN(CC)S(=O)(=O)c1cc(C(=O)Nc2ccc(-c3ccn[nH]3)cc2)ccc1C. The highest BCUT2D eigenvalue weighted by molar-refractivity contribution is 7.89. The van der Waals surface area contributed by atoms with Crippen LogP contribution >= 0.6 is 0 Å². The minimum Gasteiger partial charge on any atom is -0.322 e. The largest absolute Gasteiger partial charge is 0.322 e. The quantitative estimate of drug-likeness (QED) is 0.619. The van der Waals surface area contributed by atoms with E-state index < -0.39 is 10.0 Å². The van der Waals surface area contributed by atoms with Gasteiger partial charge >= 0.3 is 0 Å². The molecule has 1 amide bonds. The lowest BCUT2D eigenvalue weighted by Crippen LogP contribution is -2.31. The molecule has 3 rings (SSSR count). The van der Waals surface area contributed by atoms with Gasteiger partial charge in [-0.2, -0.15) is 9.40 Å². The first-order valence-electron chi connectivity index (χ1n) is 9.38. The predicted molar refractivity (Wildman–Crippen MR) is 113 cm³/mol. The summed E-state index contributed by atoms with van der Waals surface area (Å²) in [4.78, 5) is 12.8. The Bertz CT molecular complexity index is 1090. The van der Waals surface area contributed by atoms with Gasteiger partial charge in [0.1, 0.15) is 0 Å². The first-order valence-corrected chi connectivity index (χ1v) is 10.8. The molecule has 2 aromatic carbocycles. The first kappa shape index (κ1) is 20.8. The Kier molecular flexibility index (Phi) is 6.14. The second-order valence-electron chi connectivity index (χ2n) is 6.57. The number of benzene rings is 2. The number of amides is 1. The van der Waals surface area contributed by atoms with Gasteiger partial charge in [-0.1, -0.05) is 32.0 Å². The molecule has 152 valence electrons. The Labute approximate surface area is 170 Å². The summed E-state index contributed by atoms with van der Waals surface area (Å²) >= 11 is 0. The molecule has 3 aromatic rings. The molecule has 1 aromatic heterocycles. The van der Waals surface area contributed by atoms with E-state index >= 15 is 0 Å². The second-order valence-corrected chi connectivity index (χ2v) is 8.48. The van der Waals surface area contributed by atoms with Crippen LogP contribution in [-0.4, -0.2) is 41.9 Å². The van der Waals surface area contributed by atoms with E-state index in [-0.39, 0.29) is 10.8 Å². The molecular weight excluding hydrogens is 388 g/mol. The molecule has 0 bridgehead atoms. The van der Waals surface area contributed by atoms with Gasteiger partial charge in [-0.3, -0.25) is 9.89 Å². The molecule has 0 aliphatic rings. The van der Waals surface area contributed by atoms with Crippen molar-refractivity contribution < 1.29 is 13.2 Å². The molecule has 0 fully saturated rings. The van der Waals surface area contributed by atoms with E-state index in [4.69, 9.17) is 0 Å². The first-order chi connectivity index (χ1) is 13.9. The average molecular weight is 413 g/mol.